The second-order valence-corrected chi connectivity index (χ2v) is 1.84. The molecule has 0 saturated heterocycles. The van der Waals surface area contributed by atoms with Gasteiger partial charge in [-0.15, -0.1) is 0 Å². The number of carboxylic acid groups (broad SMARTS) is 1. The van der Waals surface area contributed by atoms with Gasteiger partial charge in [0.25, 0.3) is 0 Å². The molecule has 2 nitrogen and oxygen atoms in total. The van der Waals surface area contributed by atoms with E-state index in [9.17, 15) is 9.18 Å². The molecule has 1 atom stereocenters. The highest BCUT2D eigenvalue weighted by molar-refractivity contribution is 5.80. The van der Waals surface area contributed by atoms with Gasteiger partial charge in [-0.3, -0.25) is 0 Å². The molecule has 0 aromatic heterocycles. The lowest BCUT2D eigenvalue weighted by Crippen LogP contribution is -1.98. The van der Waals surface area contributed by atoms with Crippen LogP contribution in [-0.2, 0) is 4.79 Å². The fraction of sp³-hybridized carbons (Fsp3) is 0.500. The van der Waals surface area contributed by atoms with Crippen LogP contribution < -0.4 is 0 Å². The SMILES string of the molecule is C/C(=C\C(=O)O)C(C)F. The zero-order valence-corrected chi connectivity index (χ0v) is 5.39. The van der Waals surface area contributed by atoms with Crippen molar-refractivity contribution in [3.8, 4) is 0 Å². The fourth-order valence-corrected chi connectivity index (χ4v) is 0.310. The second kappa shape index (κ2) is 3.22. The maximum absolute atomic E-state index is 12.1. The van der Waals surface area contributed by atoms with E-state index >= 15 is 0 Å². The molecule has 0 amide bonds. The molecule has 52 valence electrons. The van der Waals surface area contributed by atoms with Crippen molar-refractivity contribution >= 4 is 5.97 Å². The van der Waals surface area contributed by atoms with Crippen molar-refractivity contribution < 1.29 is 14.3 Å². The lowest BCUT2D eigenvalue weighted by atomic mass is 10.2. The van der Waals surface area contributed by atoms with Crippen molar-refractivity contribution in [2.75, 3.05) is 0 Å². The zero-order valence-electron chi connectivity index (χ0n) is 5.39. The van der Waals surface area contributed by atoms with Gasteiger partial charge in [0.15, 0.2) is 0 Å². The monoisotopic (exact) mass is 132 g/mol. The smallest absolute Gasteiger partial charge is 0.328 e. The number of aliphatic carboxylic acids is 1. The van der Waals surface area contributed by atoms with E-state index in [1.807, 2.05) is 0 Å². The summed E-state index contributed by atoms with van der Waals surface area (Å²) in [4.78, 5) is 9.87. The molecular formula is C6H9FO2. The van der Waals surface area contributed by atoms with Crippen LogP contribution in [0.4, 0.5) is 4.39 Å². The van der Waals surface area contributed by atoms with Gasteiger partial charge in [-0.1, -0.05) is 0 Å². The highest BCUT2D eigenvalue weighted by Crippen LogP contribution is 2.03. The van der Waals surface area contributed by atoms with Gasteiger partial charge in [0.1, 0.15) is 6.17 Å². The van der Waals surface area contributed by atoms with Gasteiger partial charge in [0.05, 0.1) is 0 Å². The highest BCUT2D eigenvalue weighted by atomic mass is 19.1. The van der Waals surface area contributed by atoms with Crippen LogP contribution in [0, 0.1) is 0 Å². The van der Waals surface area contributed by atoms with Gasteiger partial charge < -0.3 is 5.11 Å². The molecule has 0 aliphatic heterocycles. The van der Waals surface area contributed by atoms with Crippen LogP contribution in [0.5, 0.6) is 0 Å². The summed E-state index contributed by atoms with van der Waals surface area (Å²) in [6, 6.07) is 0. The summed E-state index contributed by atoms with van der Waals surface area (Å²) in [5.41, 5.74) is 0.238. The summed E-state index contributed by atoms with van der Waals surface area (Å²) in [5.74, 6) is -1.10. The third-order valence-corrected chi connectivity index (χ3v) is 0.979. The molecule has 0 bridgehead atoms. The summed E-state index contributed by atoms with van der Waals surface area (Å²) in [7, 11) is 0. The predicted octanol–water partition coefficient (Wildman–Crippen LogP) is 1.38. The molecule has 0 radical (unpaired) electrons. The van der Waals surface area contributed by atoms with E-state index in [2.05, 4.69) is 0 Å². The lowest BCUT2D eigenvalue weighted by molar-refractivity contribution is -0.131. The van der Waals surface area contributed by atoms with Crippen LogP contribution in [0.1, 0.15) is 13.8 Å². The maximum atomic E-state index is 12.1. The zero-order chi connectivity index (χ0) is 7.44. The Hall–Kier alpha value is -0.860. The number of halogens is 1. The molecule has 0 aromatic carbocycles. The molecule has 9 heavy (non-hydrogen) atoms. The van der Waals surface area contributed by atoms with Crippen molar-refractivity contribution in [3.05, 3.63) is 11.6 Å². The average Bonchev–Trinajstić information content (AvgIpc) is 1.63. The van der Waals surface area contributed by atoms with E-state index in [1.165, 1.54) is 13.8 Å². The Kier molecular flexibility index (Phi) is 2.91. The Balaban J connectivity index is 4.00. The molecule has 0 saturated carbocycles. The van der Waals surface area contributed by atoms with Crippen molar-refractivity contribution in [1.29, 1.82) is 0 Å². The Bertz CT molecular complexity index is 138. The van der Waals surface area contributed by atoms with Gasteiger partial charge in [-0.2, -0.15) is 0 Å². The minimum Gasteiger partial charge on any atom is -0.478 e. The maximum Gasteiger partial charge on any atom is 0.328 e. The second-order valence-electron chi connectivity index (χ2n) is 1.84. The summed E-state index contributed by atoms with van der Waals surface area (Å²) >= 11 is 0. The molecule has 0 rings (SSSR count). The molecule has 1 N–H and O–H groups in total. The van der Waals surface area contributed by atoms with Crippen molar-refractivity contribution in [3.63, 3.8) is 0 Å². The van der Waals surface area contributed by atoms with Crippen LogP contribution >= 0.6 is 0 Å². The number of hydrogen-bond acceptors (Lipinski definition) is 1. The molecule has 1 unspecified atom stereocenters. The minimum atomic E-state index is -1.17. The summed E-state index contributed by atoms with van der Waals surface area (Å²) in [5, 5.41) is 8.09. The first-order chi connectivity index (χ1) is 4.04. The number of carboxylic acids is 1. The molecule has 0 fully saturated rings. The average molecular weight is 132 g/mol. The van der Waals surface area contributed by atoms with E-state index in [1.54, 1.807) is 0 Å². The number of rotatable bonds is 2. The Morgan fingerprint density at radius 2 is 2.22 bits per heavy atom. The van der Waals surface area contributed by atoms with Crippen LogP contribution in [0.15, 0.2) is 11.6 Å². The topological polar surface area (TPSA) is 37.3 Å². The van der Waals surface area contributed by atoms with Gasteiger partial charge in [0.2, 0.25) is 0 Å². The molecule has 0 spiro atoms. The number of allylic oxidation sites excluding steroid dienone is 1. The van der Waals surface area contributed by atoms with E-state index < -0.39 is 12.1 Å². The summed E-state index contributed by atoms with van der Waals surface area (Å²) in [6.07, 6.45) is -0.300. The van der Waals surface area contributed by atoms with Crippen molar-refractivity contribution in [2.45, 2.75) is 20.0 Å². The third kappa shape index (κ3) is 3.70. The van der Waals surface area contributed by atoms with Gasteiger partial charge in [-0.25, -0.2) is 9.18 Å². The van der Waals surface area contributed by atoms with E-state index in [0.29, 0.717) is 0 Å². The van der Waals surface area contributed by atoms with Gasteiger partial charge in [-0.05, 0) is 19.4 Å². The van der Waals surface area contributed by atoms with E-state index in [0.717, 1.165) is 6.08 Å². The minimum absolute atomic E-state index is 0.238. The molecule has 0 heterocycles. The molecule has 0 aliphatic rings. The Morgan fingerprint density at radius 1 is 1.78 bits per heavy atom. The van der Waals surface area contributed by atoms with Crippen LogP contribution in [0.3, 0.4) is 0 Å². The quantitative estimate of drug-likeness (QED) is 0.576. The first-order valence-electron chi connectivity index (χ1n) is 2.59. The first-order valence-corrected chi connectivity index (χ1v) is 2.59. The van der Waals surface area contributed by atoms with Gasteiger partial charge >= 0.3 is 5.97 Å². The highest BCUT2D eigenvalue weighted by Gasteiger charge is 2.01. The van der Waals surface area contributed by atoms with Crippen molar-refractivity contribution in [1.82, 2.24) is 0 Å². The standard InChI is InChI=1S/C6H9FO2/c1-4(5(2)7)3-6(8)9/h3,5H,1-2H3,(H,8,9)/b4-3+. The third-order valence-electron chi connectivity index (χ3n) is 0.979. The van der Waals surface area contributed by atoms with Gasteiger partial charge in [0, 0.05) is 6.08 Å². The molecule has 3 heteroatoms. The van der Waals surface area contributed by atoms with Crippen LogP contribution in [0.25, 0.3) is 0 Å². The Morgan fingerprint density at radius 3 is 2.33 bits per heavy atom. The van der Waals surface area contributed by atoms with E-state index in [4.69, 9.17) is 5.11 Å². The van der Waals surface area contributed by atoms with Crippen LogP contribution in [0.2, 0.25) is 0 Å². The predicted molar refractivity (Wildman–Crippen MR) is 32.0 cm³/mol. The molecular weight excluding hydrogens is 123 g/mol. The molecule has 0 aliphatic carbocycles. The van der Waals surface area contributed by atoms with Crippen LogP contribution in [-0.4, -0.2) is 17.2 Å². The largest absolute Gasteiger partial charge is 0.478 e. The van der Waals surface area contributed by atoms with Crippen molar-refractivity contribution in [2.24, 2.45) is 0 Å². The van der Waals surface area contributed by atoms with E-state index in [-0.39, 0.29) is 5.57 Å². The fourth-order valence-electron chi connectivity index (χ4n) is 0.310. The first kappa shape index (κ1) is 8.14. The number of hydrogen-bond donors (Lipinski definition) is 1. The lowest BCUT2D eigenvalue weighted by Gasteiger charge is -1.97. The number of alkyl halides is 1. The number of carbonyl (C=O) groups is 1. The normalized spacial score (nSPS) is 15.2. The summed E-state index contributed by atoms with van der Waals surface area (Å²) in [6.45, 7) is 2.74. The Labute approximate surface area is 53.0 Å². The molecule has 0 aromatic rings. The summed E-state index contributed by atoms with van der Waals surface area (Å²) < 4.78 is 12.1.